The molecule has 1 fully saturated rings. The van der Waals surface area contributed by atoms with Gasteiger partial charge in [0.25, 0.3) is 5.91 Å². The Morgan fingerprint density at radius 2 is 2.39 bits per heavy atom. The lowest BCUT2D eigenvalue weighted by atomic mass is 10.1. The van der Waals surface area contributed by atoms with Gasteiger partial charge in [0.1, 0.15) is 5.69 Å². The number of amides is 1. The van der Waals surface area contributed by atoms with E-state index in [2.05, 4.69) is 15.3 Å². The van der Waals surface area contributed by atoms with Crippen LogP contribution in [0.2, 0.25) is 0 Å². The second kappa shape index (κ2) is 6.39. The van der Waals surface area contributed by atoms with E-state index in [9.17, 15) is 9.59 Å². The topological polar surface area (TPSA) is 87.0 Å². The third kappa shape index (κ3) is 3.73. The van der Waals surface area contributed by atoms with Crippen molar-refractivity contribution in [3.05, 3.63) is 22.4 Å². The average Bonchev–Trinajstić information content (AvgIpc) is 2.99. The highest BCUT2D eigenvalue weighted by molar-refractivity contribution is 5.91. The maximum atomic E-state index is 11.6. The van der Waals surface area contributed by atoms with E-state index in [4.69, 9.17) is 4.74 Å². The Bertz CT molecular complexity index is 432. The van der Waals surface area contributed by atoms with Crippen LogP contribution in [0.25, 0.3) is 0 Å². The van der Waals surface area contributed by atoms with E-state index in [0.717, 1.165) is 32.3 Å². The number of rotatable bonds is 6. The summed E-state index contributed by atoms with van der Waals surface area (Å²) in [6.45, 7) is 1.51. The first kappa shape index (κ1) is 12.9. The summed E-state index contributed by atoms with van der Waals surface area (Å²) >= 11 is 0. The zero-order valence-corrected chi connectivity index (χ0v) is 10.3. The molecule has 1 atom stereocenters. The van der Waals surface area contributed by atoms with Crippen molar-refractivity contribution in [2.45, 2.75) is 38.2 Å². The maximum absolute atomic E-state index is 11.6. The molecule has 0 radical (unpaired) electrons. The molecule has 2 heterocycles. The van der Waals surface area contributed by atoms with Crippen molar-refractivity contribution in [3.63, 3.8) is 0 Å². The first-order chi connectivity index (χ1) is 8.75. The fraction of sp³-hybridized carbons (Fsp3) is 0.667. The van der Waals surface area contributed by atoms with Gasteiger partial charge in [0.15, 0.2) is 0 Å². The normalized spacial score (nSPS) is 19.0. The molecule has 0 aromatic carbocycles. The average molecular weight is 253 g/mol. The minimum absolute atomic E-state index is 0.245. The van der Waals surface area contributed by atoms with Gasteiger partial charge in [0, 0.05) is 19.3 Å². The summed E-state index contributed by atoms with van der Waals surface area (Å²) < 4.78 is 5.52. The van der Waals surface area contributed by atoms with Gasteiger partial charge < -0.3 is 20.0 Å². The standard InChI is InChI=1S/C12H19N3O3/c16-11(10-8-14-12(17)15-10)13-6-2-1-4-9-5-3-7-18-9/h8-9H,1-7H2,(H,13,16)(H2,14,15,17). The summed E-state index contributed by atoms with van der Waals surface area (Å²) in [5.74, 6) is -0.245. The van der Waals surface area contributed by atoms with Crippen LogP contribution in [0.3, 0.4) is 0 Å². The number of ether oxygens (including phenoxy) is 1. The zero-order chi connectivity index (χ0) is 12.8. The molecule has 6 heteroatoms. The molecule has 0 spiro atoms. The van der Waals surface area contributed by atoms with E-state index in [1.165, 1.54) is 12.6 Å². The largest absolute Gasteiger partial charge is 0.378 e. The van der Waals surface area contributed by atoms with E-state index in [1.807, 2.05) is 0 Å². The van der Waals surface area contributed by atoms with Crippen LogP contribution in [0.5, 0.6) is 0 Å². The van der Waals surface area contributed by atoms with Crippen LogP contribution in [-0.4, -0.2) is 35.1 Å². The number of carbonyl (C=O) groups excluding carboxylic acids is 1. The van der Waals surface area contributed by atoms with Crippen molar-refractivity contribution in [2.75, 3.05) is 13.2 Å². The Morgan fingerprint density at radius 3 is 3.06 bits per heavy atom. The van der Waals surface area contributed by atoms with E-state index in [-0.39, 0.29) is 17.3 Å². The molecule has 1 aliphatic rings. The molecule has 1 amide bonds. The molecule has 1 unspecified atom stereocenters. The van der Waals surface area contributed by atoms with Crippen LogP contribution in [0, 0.1) is 0 Å². The van der Waals surface area contributed by atoms with Gasteiger partial charge in [-0.15, -0.1) is 0 Å². The molecule has 0 saturated carbocycles. The first-order valence-electron chi connectivity index (χ1n) is 6.43. The second-order valence-corrected chi connectivity index (χ2v) is 4.54. The molecule has 1 aliphatic heterocycles. The molecule has 3 N–H and O–H groups in total. The smallest absolute Gasteiger partial charge is 0.323 e. The molecule has 1 aromatic heterocycles. The van der Waals surface area contributed by atoms with Crippen LogP contribution in [-0.2, 0) is 4.74 Å². The van der Waals surface area contributed by atoms with Crippen molar-refractivity contribution >= 4 is 5.91 Å². The van der Waals surface area contributed by atoms with Gasteiger partial charge in [-0.05, 0) is 32.1 Å². The summed E-state index contributed by atoms with van der Waals surface area (Å²) in [6, 6.07) is 0. The Morgan fingerprint density at radius 1 is 1.50 bits per heavy atom. The van der Waals surface area contributed by atoms with Gasteiger partial charge in [-0.25, -0.2) is 4.79 Å². The van der Waals surface area contributed by atoms with Crippen LogP contribution < -0.4 is 11.0 Å². The van der Waals surface area contributed by atoms with Crippen molar-refractivity contribution in [3.8, 4) is 0 Å². The molecule has 1 aromatic rings. The van der Waals surface area contributed by atoms with E-state index >= 15 is 0 Å². The number of unbranched alkanes of at least 4 members (excludes halogenated alkanes) is 1. The number of aromatic amines is 2. The fourth-order valence-electron chi connectivity index (χ4n) is 2.12. The summed E-state index contributed by atoms with van der Waals surface area (Å²) in [7, 11) is 0. The summed E-state index contributed by atoms with van der Waals surface area (Å²) in [4.78, 5) is 27.2. The highest BCUT2D eigenvalue weighted by Gasteiger charge is 2.14. The number of hydrogen-bond acceptors (Lipinski definition) is 3. The third-order valence-electron chi connectivity index (χ3n) is 3.10. The Hall–Kier alpha value is -1.56. The van der Waals surface area contributed by atoms with E-state index in [0.29, 0.717) is 12.6 Å². The van der Waals surface area contributed by atoms with Gasteiger partial charge in [0.2, 0.25) is 0 Å². The van der Waals surface area contributed by atoms with Gasteiger partial charge in [-0.3, -0.25) is 4.79 Å². The predicted octanol–water partition coefficient (Wildman–Crippen LogP) is 0.782. The molecule has 2 rings (SSSR count). The quantitative estimate of drug-likeness (QED) is 0.655. The highest BCUT2D eigenvalue weighted by Crippen LogP contribution is 2.17. The zero-order valence-electron chi connectivity index (χ0n) is 10.3. The molecular formula is C12H19N3O3. The molecule has 0 aliphatic carbocycles. The van der Waals surface area contributed by atoms with Crippen molar-refractivity contribution in [1.29, 1.82) is 0 Å². The van der Waals surface area contributed by atoms with Crippen LogP contribution in [0.1, 0.15) is 42.6 Å². The van der Waals surface area contributed by atoms with Crippen LogP contribution >= 0.6 is 0 Å². The predicted molar refractivity (Wildman–Crippen MR) is 66.6 cm³/mol. The Kier molecular flexibility index (Phi) is 4.58. The van der Waals surface area contributed by atoms with Gasteiger partial charge in [-0.1, -0.05) is 0 Å². The SMILES string of the molecule is O=C(NCCCCC1CCCO1)c1c[nH]c(=O)[nH]1. The monoisotopic (exact) mass is 253 g/mol. The van der Waals surface area contributed by atoms with Gasteiger partial charge in [-0.2, -0.15) is 0 Å². The maximum Gasteiger partial charge on any atom is 0.323 e. The number of carbonyl (C=O) groups is 1. The molecule has 6 nitrogen and oxygen atoms in total. The fourth-order valence-corrected chi connectivity index (χ4v) is 2.12. The number of H-pyrrole nitrogens is 2. The summed E-state index contributed by atoms with van der Waals surface area (Å²) in [5.41, 5.74) is -0.0855. The number of hydrogen-bond donors (Lipinski definition) is 3. The molecule has 18 heavy (non-hydrogen) atoms. The Balaban J connectivity index is 1.57. The summed E-state index contributed by atoms with van der Waals surface area (Å²) in [6.07, 6.45) is 7.18. The van der Waals surface area contributed by atoms with Crippen LogP contribution in [0.15, 0.2) is 11.0 Å². The number of aromatic nitrogens is 2. The van der Waals surface area contributed by atoms with Gasteiger partial charge in [0.05, 0.1) is 6.10 Å². The highest BCUT2D eigenvalue weighted by atomic mass is 16.5. The summed E-state index contributed by atoms with van der Waals surface area (Å²) in [5, 5.41) is 2.77. The first-order valence-corrected chi connectivity index (χ1v) is 6.43. The lowest BCUT2D eigenvalue weighted by Gasteiger charge is -2.08. The second-order valence-electron chi connectivity index (χ2n) is 4.54. The molecule has 0 bridgehead atoms. The Labute approximate surface area is 105 Å². The van der Waals surface area contributed by atoms with Crippen molar-refractivity contribution in [1.82, 2.24) is 15.3 Å². The van der Waals surface area contributed by atoms with Crippen molar-refractivity contribution < 1.29 is 9.53 Å². The van der Waals surface area contributed by atoms with Crippen molar-refractivity contribution in [2.24, 2.45) is 0 Å². The lowest BCUT2D eigenvalue weighted by molar-refractivity contribution is 0.0943. The van der Waals surface area contributed by atoms with E-state index < -0.39 is 0 Å². The third-order valence-corrected chi connectivity index (χ3v) is 3.10. The van der Waals surface area contributed by atoms with Crippen LogP contribution in [0.4, 0.5) is 0 Å². The number of imidazole rings is 1. The van der Waals surface area contributed by atoms with E-state index in [1.54, 1.807) is 0 Å². The molecular weight excluding hydrogens is 234 g/mol. The minimum atomic E-state index is -0.362. The number of nitrogens with one attached hydrogen (secondary N) is 3. The van der Waals surface area contributed by atoms with Gasteiger partial charge >= 0.3 is 5.69 Å². The minimum Gasteiger partial charge on any atom is -0.378 e. The molecule has 100 valence electrons. The lowest BCUT2D eigenvalue weighted by Crippen LogP contribution is -2.25. The molecule has 1 saturated heterocycles.